The molecule has 1 atom stereocenters. The molecule has 0 spiro atoms. The van der Waals surface area contributed by atoms with Crippen LogP contribution in [0.2, 0.25) is 0 Å². The summed E-state index contributed by atoms with van der Waals surface area (Å²) >= 11 is 0. The van der Waals surface area contributed by atoms with Crippen LogP contribution < -0.4 is 5.73 Å². The fourth-order valence-corrected chi connectivity index (χ4v) is 2.91. The van der Waals surface area contributed by atoms with Crippen molar-refractivity contribution in [1.29, 1.82) is 0 Å². The Morgan fingerprint density at radius 1 is 1.35 bits per heavy atom. The lowest BCUT2D eigenvalue weighted by molar-refractivity contribution is 0.154. The summed E-state index contributed by atoms with van der Waals surface area (Å²) in [7, 11) is 0. The molecule has 0 aromatic heterocycles. The number of nitrogens with two attached hydrogens (primary N) is 1. The van der Waals surface area contributed by atoms with Crippen LogP contribution in [0.1, 0.15) is 32.1 Å². The van der Waals surface area contributed by atoms with Crippen molar-refractivity contribution in [2.45, 2.75) is 38.1 Å². The number of rotatable bonds is 5. The van der Waals surface area contributed by atoms with E-state index in [9.17, 15) is 0 Å². The van der Waals surface area contributed by atoms with E-state index in [0.29, 0.717) is 24.3 Å². The van der Waals surface area contributed by atoms with Crippen molar-refractivity contribution in [2.75, 3.05) is 26.3 Å². The van der Waals surface area contributed by atoms with Crippen LogP contribution in [0.3, 0.4) is 0 Å². The van der Waals surface area contributed by atoms with Crippen molar-refractivity contribution in [3.63, 3.8) is 0 Å². The van der Waals surface area contributed by atoms with E-state index in [1.54, 1.807) is 0 Å². The van der Waals surface area contributed by atoms with Gasteiger partial charge in [0.05, 0.1) is 13.2 Å². The van der Waals surface area contributed by atoms with Gasteiger partial charge in [0.1, 0.15) is 0 Å². The maximum absolute atomic E-state index is 8.70. The molecule has 5 heteroatoms. The molecule has 0 aromatic carbocycles. The minimum Gasteiger partial charge on any atom is -0.409 e. The molecule has 0 amide bonds. The van der Waals surface area contributed by atoms with Gasteiger partial charge in [-0.25, -0.2) is 0 Å². The first-order chi connectivity index (χ1) is 8.29. The normalized spacial score (nSPS) is 27.1. The molecule has 1 saturated carbocycles. The molecule has 1 heterocycles. The Balaban J connectivity index is 1.90. The Kier molecular flexibility index (Phi) is 4.62. The van der Waals surface area contributed by atoms with Crippen LogP contribution in [-0.4, -0.2) is 48.3 Å². The summed E-state index contributed by atoms with van der Waals surface area (Å²) in [6.07, 6.45) is 6.23. The van der Waals surface area contributed by atoms with Gasteiger partial charge >= 0.3 is 0 Å². The number of oxime groups is 1. The predicted octanol–water partition coefficient (Wildman–Crippen LogP) is 1.01. The highest BCUT2D eigenvalue weighted by molar-refractivity contribution is 5.81. The fraction of sp³-hybridized carbons (Fsp3) is 0.917. The van der Waals surface area contributed by atoms with E-state index in [1.165, 1.54) is 25.7 Å². The van der Waals surface area contributed by atoms with Gasteiger partial charge in [-0.05, 0) is 25.2 Å². The Bertz CT molecular complexity index is 258. The van der Waals surface area contributed by atoms with E-state index in [2.05, 4.69) is 10.1 Å². The van der Waals surface area contributed by atoms with Gasteiger partial charge in [-0.2, -0.15) is 0 Å². The quantitative estimate of drug-likeness (QED) is 0.326. The van der Waals surface area contributed by atoms with Crippen molar-refractivity contribution in [3.05, 3.63) is 0 Å². The van der Waals surface area contributed by atoms with Crippen LogP contribution >= 0.6 is 0 Å². The third kappa shape index (κ3) is 3.57. The second-order valence-corrected chi connectivity index (χ2v) is 5.19. The third-order valence-electron chi connectivity index (χ3n) is 3.85. The van der Waals surface area contributed by atoms with Gasteiger partial charge in [0.2, 0.25) is 0 Å². The lowest BCUT2D eigenvalue weighted by Gasteiger charge is -2.30. The van der Waals surface area contributed by atoms with E-state index in [1.807, 2.05) is 0 Å². The predicted molar refractivity (Wildman–Crippen MR) is 66.2 cm³/mol. The molecule has 98 valence electrons. The molecule has 5 nitrogen and oxygen atoms in total. The smallest absolute Gasteiger partial charge is 0.153 e. The summed E-state index contributed by atoms with van der Waals surface area (Å²) in [6, 6.07) is 0.607. The summed E-state index contributed by atoms with van der Waals surface area (Å²) in [4.78, 5) is 2.38. The molecule has 0 aromatic rings. The molecule has 2 fully saturated rings. The Hall–Kier alpha value is -0.810. The zero-order chi connectivity index (χ0) is 12.1. The fourth-order valence-electron chi connectivity index (χ4n) is 2.91. The first kappa shape index (κ1) is 12.6. The van der Waals surface area contributed by atoms with Gasteiger partial charge in [-0.3, -0.25) is 4.90 Å². The van der Waals surface area contributed by atoms with Crippen LogP contribution in [0.5, 0.6) is 0 Å². The first-order valence-corrected chi connectivity index (χ1v) is 6.58. The van der Waals surface area contributed by atoms with E-state index in [4.69, 9.17) is 15.7 Å². The average molecular weight is 241 g/mol. The number of hydrogen-bond donors (Lipinski definition) is 2. The largest absolute Gasteiger partial charge is 0.409 e. The lowest BCUT2D eigenvalue weighted by Crippen LogP contribution is -2.43. The van der Waals surface area contributed by atoms with Gasteiger partial charge in [0.25, 0.3) is 0 Å². The minimum atomic E-state index is 0.316. The first-order valence-electron chi connectivity index (χ1n) is 6.58. The van der Waals surface area contributed by atoms with Gasteiger partial charge in [0.15, 0.2) is 5.84 Å². The second kappa shape index (κ2) is 6.21. The topological polar surface area (TPSA) is 71.1 Å². The number of ether oxygens (including phenoxy) is 1. The zero-order valence-electron chi connectivity index (χ0n) is 10.3. The van der Waals surface area contributed by atoms with Crippen molar-refractivity contribution >= 4 is 5.84 Å². The van der Waals surface area contributed by atoms with E-state index >= 15 is 0 Å². The maximum Gasteiger partial charge on any atom is 0.153 e. The van der Waals surface area contributed by atoms with Crippen molar-refractivity contribution in [1.82, 2.24) is 4.90 Å². The number of nitrogens with zero attached hydrogens (tertiary/aromatic N) is 2. The van der Waals surface area contributed by atoms with Crippen LogP contribution in [0.15, 0.2) is 5.16 Å². The lowest BCUT2D eigenvalue weighted by atomic mass is 10.1. The zero-order valence-corrected chi connectivity index (χ0v) is 10.3. The molecule has 1 unspecified atom stereocenters. The monoisotopic (exact) mass is 241 g/mol. The van der Waals surface area contributed by atoms with Crippen molar-refractivity contribution in [3.8, 4) is 0 Å². The molecule has 17 heavy (non-hydrogen) atoms. The summed E-state index contributed by atoms with van der Waals surface area (Å²) < 4.78 is 5.41. The summed E-state index contributed by atoms with van der Waals surface area (Å²) in [5.74, 6) is 0.929. The standard InChI is InChI=1S/C12H23N3O2/c13-12(14-16)8-15(11-3-1-2-4-11)7-10-5-6-17-9-10/h10-11,16H,1-9H2,(H2,13,14). The molecule has 2 aliphatic rings. The van der Waals surface area contributed by atoms with E-state index in [-0.39, 0.29) is 0 Å². The van der Waals surface area contributed by atoms with Gasteiger partial charge in [0, 0.05) is 19.2 Å². The van der Waals surface area contributed by atoms with E-state index in [0.717, 1.165) is 26.2 Å². The number of hydrogen-bond acceptors (Lipinski definition) is 4. The summed E-state index contributed by atoms with van der Waals surface area (Å²) in [5, 5.41) is 11.8. The van der Waals surface area contributed by atoms with Gasteiger partial charge in [-0.15, -0.1) is 0 Å². The minimum absolute atomic E-state index is 0.316. The van der Waals surface area contributed by atoms with Gasteiger partial charge in [-0.1, -0.05) is 18.0 Å². The van der Waals surface area contributed by atoms with Crippen LogP contribution in [-0.2, 0) is 4.74 Å². The molecule has 1 aliphatic heterocycles. The molecule has 0 bridgehead atoms. The SMILES string of the molecule is NC(CN(CC1CCOC1)C1CCCC1)=NO. The molecule has 1 aliphatic carbocycles. The molecular weight excluding hydrogens is 218 g/mol. The van der Waals surface area contributed by atoms with Gasteiger partial charge < -0.3 is 15.7 Å². The molecule has 0 radical (unpaired) electrons. The van der Waals surface area contributed by atoms with Crippen molar-refractivity contribution in [2.24, 2.45) is 16.8 Å². The third-order valence-corrected chi connectivity index (χ3v) is 3.85. The summed E-state index contributed by atoms with van der Waals surface area (Å²) in [6.45, 7) is 3.34. The molecular formula is C12H23N3O2. The molecule has 1 saturated heterocycles. The average Bonchev–Trinajstić information content (AvgIpc) is 3.00. The highest BCUT2D eigenvalue weighted by Crippen LogP contribution is 2.25. The van der Waals surface area contributed by atoms with Crippen molar-refractivity contribution < 1.29 is 9.94 Å². The van der Waals surface area contributed by atoms with Crippen LogP contribution in [0.4, 0.5) is 0 Å². The summed E-state index contributed by atoms with van der Waals surface area (Å²) in [5.41, 5.74) is 5.64. The highest BCUT2D eigenvalue weighted by atomic mass is 16.5. The van der Waals surface area contributed by atoms with E-state index < -0.39 is 0 Å². The van der Waals surface area contributed by atoms with Crippen LogP contribution in [0, 0.1) is 5.92 Å². The van der Waals surface area contributed by atoms with Crippen LogP contribution in [0.25, 0.3) is 0 Å². The number of amidine groups is 1. The Morgan fingerprint density at radius 2 is 2.12 bits per heavy atom. The molecule has 2 rings (SSSR count). The second-order valence-electron chi connectivity index (χ2n) is 5.19. The highest BCUT2D eigenvalue weighted by Gasteiger charge is 2.27. The maximum atomic E-state index is 8.70. The Labute approximate surface area is 103 Å². The Morgan fingerprint density at radius 3 is 2.71 bits per heavy atom. The molecule has 3 N–H and O–H groups in total.